The number of aryl methyl sites for hydroxylation is 1. The Morgan fingerprint density at radius 2 is 1.97 bits per heavy atom. The Kier molecular flexibility index (Phi) is 5.44. The number of hydrogen-bond acceptors (Lipinski definition) is 9. The molecule has 2 N–H and O–H groups in total. The molecule has 0 radical (unpaired) electrons. The third-order valence-electron chi connectivity index (χ3n) is 5.34. The number of halogens is 2. The number of benzene rings is 2. The highest BCUT2D eigenvalue weighted by molar-refractivity contribution is 5.97. The van der Waals surface area contributed by atoms with Gasteiger partial charge in [0.1, 0.15) is 17.0 Å². The number of anilines is 1. The van der Waals surface area contributed by atoms with Crippen molar-refractivity contribution in [2.75, 3.05) is 26.1 Å². The van der Waals surface area contributed by atoms with Crippen LogP contribution < -0.4 is 24.3 Å². The molecule has 0 saturated carbocycles. The SMILES string of the molecule is COc1ccc(CNc2nc3c4c(ccc3c3nc(CCCO)nn23)OC(F)(F)O4)c(OC)c1. The van der Waals surface area contributed by atoms with Crippen LogP contribution in [0.3, 0.4) is 0 Å². The van der Waals surface area contributed by atoms with Gasteiger partial charge in [0.05, 0.1) is 14.2 Å². The lowest BCUT2D eigenvalue weighted by Gasteiger charge is -2.13. The van der Waals surface area contributed by atoms with Gasteiger partial charge in [-0.15, -0.1) is 13.9 Å². The number of alkyl halides is 2. The molecule has 0 amide bonds. The van der Waals surface area contributed by atoms with E-state index in [-0.39, 0.29) is 36.1 Å². The first-order valence-corrected chi connectivity index (χ1v) is 10.5. The predicted octanol–water partition coefficient (Wildman–Crippen LogP) is 3.15. The van der Waals surface area contributed by atoms with Crippen molar-refractivity contribution in [3.63, 3.8) is 0 Å². The summed E-state index contributed by atoms with van der Waals surface area (Å²) in [6.07, 6.45) is -2.87. The van der Waals surface area contributed by atoms with E-state index in [1.165, 1.54) is 10.6 Å². The zero-order valence-corrected chi connectivity index (χ0v) is 18.3. The molecule has 0 spiro atoms. The van der Waals surface area contributed by atoms with Gasteiger partial charge in [0, 0.05) is 36.6 Å². The third kappa shape index (κ3) is 3.85. The fourth-order valence-corrected chi connectivity index (χ4v) is 3.75. The molecular formula is C22H21F2N5O5. The second-order valence-corrected chi connectivity index (χ2v) is 7.51. The van der Waals surface area contributed by atoms with E-state index in [1.807, 2.05) is 6.07 Å². The Morgan fingerprint density at radius 3 is 2.74 bits per heavy atom. The highest BCUT2D eigenvalue weighted by atomic mass is 19.3. The van der Waals surface area contributed by atoms with E-state index in [0.717, 1.165) is 5.56 Å². The fourth-order valence-electron chi connectivity index (χ4n) is 3.75. The minimum atomic E-state index is -3.78. The lowest BCUT2D eigenvalue weighted by atomic mass is 10.2. The maximum absolute atomic E-state index is 13.8. The van der Waals surface area contributed by atoms with E-state index in [0.29, 0.717) is 41.2 Å². The first kappa shape index (κ1) is 21.9. The van der Waals surface area contributed by atoms with Gasteiger partial charge in [-0.25, -0.2) is 9.97 Å². The molecule has 2 aromatic heterocycles. The number of aliphatic hydroxyl groups excluding tert-OH is 1. The van der Waals surface area contributed by atoms with Crippen molar-refractivity contribution in [1.82, 2.24) is 19.6 Å². The first-order chi connectivity index (χ1) is 16.4. The normalized spacial score (nSPS) is 14.0. The van der Waals surface area contributed by atoms with Crippen LogP contribution in [0.1, 0.15) is 17.8 Å². The van der Waals surface area contributed by atoms with Crippen molar-refractivity contribution < 1.29 is 32.8 Å². The highest BCUT2D eigenvalue weighted by Crippen LogP contribution is 2.45. The van der Waals surface area contributed by atoms with Crippen molar-refractivity contribution in [2.24, 2.45) is 0 Å². The molecule has 0 aliphatic carbocycles. The van der Waals surface area contributed by atoms with Crippen molar-refractivity contribution in [3.05, 3.63) is 41.7 Å². The van der Waals surface area contributed by atoms with Gasteiger partial charge in [-0.3, -0.25) is 0 Å². The number of methoxy groups -OCH3 is 2. The summed E-state index contributed by atoms with van der Waals surface area (Å²) in [6, 6.07) is 8.36. The molecule has 2 aromatic carbocycles. The van der Waals surface area contributed by atoms with Crippen LogP contribution in [0, 0.1) is 0 Å². The fraction of sp³-hybridized carbons (Fsp3) is 0.318. The Labute approximate surface area is 192 Å². The van der Waals surface area contributed by atoms with Crippen LogP contribution in [-0.4, -0.2) is 51.8 Å². The van der Waals surface area contributed by atoms with E-state index in [4.69, 9.17) is 14.2 Å². The molecule has 0 fully saturated rings. The van der Waals surface area contributed by atoms with Gasteiger partial charge in [-0.1, -0.05) is 0 Å². The molecule has 5 rings (SSSR count). The smallest absolute Gasteiger partial charge is 0.497 e. The maximum Gasteiger partial charge on any atom is 0.586 e. The summed E-state index contributed by atoms with van der Waals surface area (Å²) in [4.78, 5) is 9.08. The molecule has 10 nitrogen and oxygen atoms in total. The first-order valence-electron chi connectivity index (χ1n) is 10.5. The lowest BCUT2D eigenvalue weighted by molar-refractivity contribution is -0.286. The van der Waals surface area contributed by atoms with Crippen molar-refractivity contribution >= 4 is 22.5 Å². The average Bonchev–Trinajstić information content (AvgIpc) is 3.40. The molecule has 4 aromatic rings. The Hall–Kier alpha value is -3.93. The Balaban J connectivity index is 1.60. The second kappa shape index (κ2) is 8.45. The number of hydrogen-bond donors (Lipinski definition) is 2. The van der Waals surface area contributed by atoms with Gasteiger partial charge < -0.3 is 29.4 Å². The number of nitrogens with zero attached hydrogens (tertiary/aromatic N) is 4. The molecule has 1 aliphatic heterocycles. The minimum absolute atomic E-state index is 0.00924. The molecule has 178 valence electrons. The van der Waals surface area contributed by atoms with Gasteiger partial charge in [-0.05, 0) is 30.7 Å². The molecule has 3 heterocycles. The number of ether oxygens (including phenoxy) is 4. The van der Waals surface area contributed by atoms with Crippen LogP contribution in [0.2, 0.25) is 0 Å². The summed E-state index contributed by atoms with van der Waals surface area (Å²) in [5, 5.41) is 17.3. The average molecular weight is 473 g/mol. The predicted molar refractivity (Wildman–Crippen MR) is 117 cm³/mol. The van der Waals surface area contributed by atoms with Crippen LogP contribution in [0.5, 0.6) is 23.0 Å². The molecule has 0 bridgehead atoms. The number of fused-ring (bicyclic) bond motifs is 5. The molecule has 12 heteroatoms. The molecule has 0 saturated heterocycles. The van der Waals surface area contributed by atoms with Crippen LogP contribution in [0.15, 0.2) is 30.3 Å². The summed E-state index contributed by atoms with van der Waals surface area (Å²) in [5.41, 5.74) is 1.37. The summed E-state index contributed by atoms with van der Waals surface area (Å²) < 4.78 is 49.0. The van der Waals surface area contributed by atoms with Gasteiger partial charge in [0.15, 0.2) is 23.0 Å². The van der Waals surface area contributed by atoms with E-state index >= 15 is 0 Å². The largest absolute Gasteiger partial charge is 0.586 e. The van der Waals surface area contributed by atoms with Gasteiger partial charge in [-0.2, -0.15) is 4.52 Å². The summed E-state index contributed by atoms with van der Waals surface area (Å²) in [5.74, 6) is 1.70. The molecule has 1 aliphatic rings. The summed E-state index contributed by atoms with van der Waals surface area (Å²) in [7, 11) is 3.12. The number of aliphatic hydroxyl groups is 1. The number of rotatable bonds is 8. The molecular weight excluding hydrogens is 452 g/mol. The maximum atomic E-state index is 13.8. The van der Waals surface area contributed by atoms with E-state index in [2.05, 4.69) is 25.1 Å². The summed E-state index contributed by atoms with van der Waals surface area (Å²) in [6.45, 7) is 0.278. The highest BCUT2D eigenvalue weighted by Gasteiger charge is 2.45. The summed E-state index contributed by atoms with van der Waals surface area (Å²) >= 11 is 0. The Bertz CT molecular complexity index is 1380. The van der Waals surface area contributed by atoms with Gasteiger partial charge >= 0.3 is 6.29 Å². The number of nitrogens with one attached hydrogen (secondary N) is 1. The van der Waals surface area contributed by atoms with Crippen molar-refractivity contribution in [1.29, 1.82) is 0 Å². The van der Waals surface area contributed by atoms with Crippen LogP contribution >= 0.6 is 0 Å². The Morgan fingerprint density at radius 1 is 1.12 bits per heavy atom. The molecule has 0 atom stereocenters. The van der Waals surface area contributed by atoms with E-state index in [9.17, 15) is 13.9 Å². The van der Waals surface area contributed by atoms with Gasteiger partial charge in [0.2, 0.25) is 5.95 Å². The molecule has 34 heavy (non-hydrogen) atoms. The lowest BCUT2D eigenvalue weighted by Crippen LogP contribution is -2.26. The third-order valence-corrected chi connectivity index (χ3v) is 5.34. The van der Waals surface area contributed by atoms with Crippen LogP contribution in [-0.2, 0) is 13.0 Å². The van der Waals surface area contributed by atoms with Crippen LogP contribution in [0.4, 0.5) is 14.7 Å². The van der Waals surface area contributed by atoms with Crippen molar-refractivity contribution in [2.45, 2.75) is 25.7 Å². The van der Waals surface area contributed by atoms with Gasteiger partial charge in [0.25, 0.3) is 0 Å². The minimum Gasteiger partial charge on any atom is -0.497 e. The topological polar surface area (TPSA) is 112 Å². The van der Waals surface area contributed by atoms with Crippen LogP contribution in [0.25, 0.3) is 16.6 Å². The van der Waals surface area contributed by atoms with Crippen molar-refractivity contribution in [3.8, 4) is 23.0 Å². The zero-order valence-electron chi connectivity index (χ0n) is 18.3. The van der Waals surface area contributed by atoms with E-state index < -0.39 is 6.29 Å². The standard InChI is InChI=1S/C22H21F2N5O5/c1-31-13-6-5-12(16(10-13)32-2)11-25-21-27-18-14(7-8-15-19(18)34-22(23,24)33-15)20-26-17(4-3-9-30)28-29(20)21/h5-8,10,30H,3-4,9,11H2,1-2H3,(H,25,27). The quantitative estimate of drug-likeness (QED) is 0.399. The number of aromatic nitrogens is 4. The molecule has 0 unspecified atom stereocenters. The monoisotopic (exact) mass is 473 g/mol. The second-order valence-electron chi connectivity index (χ2n) is 7.51. The van der Waals surface area contributed by atoms with E-state index in [1.54, 1.807) is 32.4 Å². The zero-order chi connectivity index (χ0) is 23.9.